The molecule has 0 aromatic heterocycles. The van der Waals surface area contributed by atoms with Gasteiger partial charge in [0.15, 0.2) is 6.61 Å². The Morgan fingerprint density at radius 3 is 2.35 bits per heavy atom. The van der Waals surface area contributed by atoms with E-state index in [2.05, 4.69) is 10.1 Å². The molecule has 2 rings (SSSR count). The molecule has 0 saturated carbocycles. The van der Waals surface area contributed by atoms with Crippen molar-refractivity contribution in [1.29, 1.82) is 0 Å². The van der Waals surface area contributed by atoms with Gasteiger partial charge in [0.25, 0.3) is 5.91 Å². The lowest BCUT2D eigenvalue weighted by atomic mass is 10.1. The highest BCUT2D eigenvalue weighted by molar-refractivity contribution is 5.89. The smallest absolute Gasteiger partial charge is 0.337 e. The number of amides is 1. The highest BCUT2D eigenvalue weighted by Gasteiger charge is 2.06. The number of nitrogens with one attached hydrogen (secondary N) is 1. The van der Waals surface area contributed by atoms with Crippen molar-refractivity contribution in [3.05, 3.63) is 65.7 Å². The molecule has 0 aliphatic carbocycles. The zero-order valence-corrected chi connectivity index (χ0v) is 13.0. The molecule has 0 bridgehead atoms. The van der Waals surface area contributed by atoms with E-state index in [1.165, 1.54) is 12.7 Å². The van der Waals surface area contributed by atoms with Gasteiger partial charge in [0.05, 0.1) is 12.7 Å². The van der Waals surface area contributed by atoms with Gasteiger partial charge in [0.1, 0.15) is 5.75 Å². The molecule has 0 radical (unpaired) electrons. The van der Waals surface area contributed by atoms with Crippen LogP contribution in [0.2, 0.25) is 0 Å². The highest BCUT2D eigenvalue weighted by atomic mass is 16.5. The van der Waals surface area contributed by atoms with E-state index in [-0.39, 0.29) is 12.5 Å². The fourth-order valence-electron chi connectivity index (χ4n) is 2.00. The molecule has 23 heavy (non-hydrogen) atoms. The summed E-state index contributed by atoms with van der Waals surface area (Å²) in [5.41, 5.74) is 1.61. The Bertz CT molecular complexity index is 638. The Morgan fingerprint density at radius 2 is 1.70 bits per heavy atom. The minimum absolute atomic E-state index is 0.0631. The third-order valence-corrected chi connectivity index (χ3v) is 3.22. The molecule has 0 saturated heterocycles. The largest absolute Gasteiger partial charge is 0.484 e. The van der Waals surface area contributed by atoms with Crippen molar-refractivity contribution >= 4 is 11.9 Å². The van der Waals surface area contributed by atoms with Crippen molar-refractivity contribution < 1.29 is 19.1 Å². The number of benzene rings is 2. The molecule has 2 aromatic carbocycles. The van der Waals surface area contributed by atoms with Crippen LogP contribution in [-0.2, 0) is 16.0 Å². The summed E-state index contributed by atoms with van der Waals surface area (Å²) < 4.78 is 9.99. The Morgan fingerprint density at radius 1 is 1.00 bits per heavy atom. The molecule has 0 atom stereocenters. The fourth-order valence-corrected chi connectivity index (χ4v) is 2.00. The molecule has 0 aliphatic heterocycles. The third kappa shape index (κ3) is 5.47. The van der Waals surface area contributed by atoms with Crippen molar-refractivity contribution in [3.8, 4) is 5.75 Å². The average molecular weight is 313 g/mol. The molecule has 0 aliphatic rings. The molecule has 0 heterocycles. The van der Waals surface area contributed by atoms with E-state index >= 15 is 0 Å². The molecule has 1 N–H and O–H groups in total. The van der Waals surface area contributed by atoms with Crippen LogP contribution in [0, 0.1) is 0 Å². The van der Waals surface area contributed by atoms with Crippen molar-refractivity contribution in [1.82, 2.24) is 5.32 Å². The first-order valence-corrected chi connectivity index (χ1v) is 7.31. The first kappa shape index (κ1) is 16.5. The number of rotatable bonds is 7. The van der Waals surface area contributed by atoms with Gasteiger partial charge in [-0.1, -0.05) is 30.3 Å². The Hall–Kier alpha value is -2.82. The number of hydrogen-bond acceptors (Lipinski definition) is 4. The topological polar surface area (TPSA) is 64.6 Å². The maximum absolute atomic E-state index is 11.7. The predicted molar refractivity (Wildman–Crippen MR) is 86.4 cm³/mol. The molecular formula is C18H19NO4. The molecule has 5 nitrogen and oxygen atoms in total. The molecular weight excluding hydrogens is 294 g/mol. The summed E-state index contributed by atoms with van der Waals surface area (Å²) in [5, 5.41) is 2.80. The van der Waals surface area contributed by atoms with Gasteiger partial charge < -0.3 is 14.8 Å². The maximum Gasteiger partial charge on any atom is 0.337 e. The van der Waals surface area contributed by atoms with Crippen LogP contribution >= 0.6 is 0 Å². The molecule has 5 heteroatoms. The van der Waals surface area contributed by atoms with Crippen LogP contribution in [0.4, 0.5) is 0 Å². The Kier molecular flexibility index (Phi) is 6.17. The van der Waals surface area contributed by atoms with Crippen molar-refractivity contribution in [3.63, 3.8) is 0 Å². The lowest BCUT2D eigenvalue weighted by molar-refractivity contribution is -0.123. The van der Waals surface area contributed by atoms with Crippen LogP contribution in [0.15, 0.2) is 54.6 Å². The summed E-state index contributed by atoms with van der Waals surface area (Å²) in [5.74, 6) is -0.0657. The van der Waals surface area contributed by atoms with E-state index in [1.54, 1.807) is 24.3 Å². The fraction of sp³-hybridized carbons (Fsp3) is 0.222. The van der Waals surface area contributed by atoms with Crippen LogP contribution in [-0.4, -0.2) is 32.1 Å². The van der Waals surface area contributed by atoms with Crippen molar-refractivity contribution in [2.75, 3.05) is 20.3 Å². The standard InChI is InChI=1S/C18H19NO4/c1-22-18(21)15-7-9-16(10-8-15)23-13-17(20)19-12-11-14-5-3-2-4-6-14/h2-10H,11-13H2,1H3,(H,19,20). The Balaban J connectivity index is 1.70. The summed E-state index contributed by atoms with van der Waals surface area (Å²) >= 11 is 0. The quantitative estimate of drug-likeness (QED) is 0.796. The highest BCUT2D eigenvalue weighted by Crippen LogP contribution is 2.12. The third-order valence-electron chi connectivity index (χ3n) is 3.22. The van der Waals surface area contributed by atoms with Crippen LogP contribution < -0.4 is 10.1 Å². The minimum atomic E-state index is -0.407. The van der Waals surface area contributed by atoms with E-state index in [9.17, 15) is 9.59 Å². The molecule has 1 amide bonds. The number of hydrogen-bond donors (Lipinski definition) is 1. The predicted octanol–water partition coefficient (Wildman–Crippen LogP) is 2.21. The number of methoxy groups -OCH3 is 1. The van der Waals surface area contributed by atoms with Gasteiger partial charge in [0.2, 0.25) is 0 Å². The summed E-state index contributed by atoms with van der Waals surface area (Å²) in [6.45, 7) is 0.500. The average Bonchev–Trinajstić information content (AvgIpc) is 2.60. The van der Waals surface area contributed by atoms with Crippen molar-refractivity contribution in [2.45, 2.75) is 6.42 Å². The second-order valence-corrected chi connectivity index (χ2v) is 4.89. The van der Waals surface area contributed by atoms with Gasteiger partial charge >= 0.3 is 5.97 Å². The molecule has 120 valence electrons. The number of carbonyl (C=O) groups is 2. The lowest BCUT2D eigenvalue weighted by Gasteiger charge is -2.08. The number of esters is 1. The van der Waals surface area contributed by atoms with Gasteiger partial charge in [-0.05, 0) is 36.2 Å². The lowest BCUT2D eigenvalue weighted by Crippen LogP contribution is -2.30. The molecule has 0 spiro atoms. The van der Waals surface area contributed by atoms with Gasteiger partial charge in [-0.3, -0.25) is 4.79 Å². The van der Waals surface area contributed by atoms with Crippen LogP contribution in [0.5, 0.6) is 5.75 Å². The van der Waals surface area contributed by atoms with Gasteiger partial charge in [-0.25, -0.2) is 4.79 Å². The van der Waals surface area contributed by atoms with E-state index in [1.807, 2.05) is 30.3 Å². The van der Waals surface area contributed by atoms with E-state index < -0.39 is 5.97 Å². The van der Waals surface area contributed by atoms with E-state index in [0.29, 0.717) is 17.9 Å². The normalized spacial score (nSPS) is 9.96. The summed E-state index contributed by atoms with van der Waals surface area (Å²) in [4.78, 5) is 23.0. The van der Waals surface area contributed by atoms with Crippen LogP contribution in [0.1, 0.15) is 15.9 Å². The molecule has 2 aromatic rings. The van der Waals surface area contributed by atoms with Crippen LogP contribution in [0.25, 0.3) is 0 Å². The second kappa shape index (κ2) is 8.58. The molecule has 0 unspecified atom stereocenters. The second-order valence-electron chi connectivity index (χ2n) is 4.89. The first-order valence-electron chi connectivity index (χ1n) is 7.31. The number of ether oxygens (including phenoxy) is 2. The summed E-state index contributed by atoms with van der Waals surface area (Å²) in [6, 6.07) is 16.4. The Labute approximate surface area is 135 Å². The first-order chi connectivity index (χ1) is 11.2. The monoisotopic (exact) mass is 313 g/mol. The van der Waals surface area contributed by atoms with Gasteiger partial charge in [-0.2, -0.15) is 0 Å². The SMILES string of the molecule is COC(=O)c1ccc(OCC(=O)NCCc2ccccc2)cc1. The van der Waals surface area contributed by atoms with E-state index in [4.69, 9.17) is 4.74 Å². The summed E-state index contributed by atoms with van der Waals surface area (Å²) in [7, 11) is 1.33. The van der Waals surface area contributed by atoms with Gasteiger partial charge in [-0.15, -0.1) is 0 Å². The summed E-state index contributed by atoms with van der Waals surface area (Å²) in [6.07, 6.45) is 0.778. The molecule has 0 fully saturated rings. The number of carbonyl (C=O) groups excluding carboxylic acids is 2. The minimum Gasteiger partial charge on any atom is -0.484 e. The van der Waals surface area contributed by atoms with E-state index in [0.717, 1.165) is 6.42 Å². The zero-order chi connectivity index (χ0) is 16.5. The zero-order valence-electron chi connectivity index (χ0n) is 13.0. The maximum atomic E-state index is 11.7. The van der Waals surface area contributed by atoms with Gasteiger partial charge in [0, 0.05) is 6.54 Å². The van der Waals surface area contributed by atoms with Crippen LogP contribution in [0.3, 0.4) is 0 Å². The van der Waals surface area contributed by atoms with Crippen molar-refractivity contribution in [2.24, 2.45) is 0 Å².